The average molecular weight is 379 g/mol. The summed E-state index contributed by atoms with van der Waals surface area (Å²) in [6.45, 7) is 5.98. The van der Waals surface area contributed by atoms with E-state index in [1.165, 1.54) is 5.56 Å². The smallest absolute Gasteiger partial charge is 0.243 e. The van der Waals surface area contributed by atoms with Crippen molar-refractivity contribution in [1.29, 1.82) is 0 Å². The van der Waals surface area contributed by atoms with Crippen LogP contribution in [0.3, 0.4) is 0 Å². The van der Waals surface area contributed by atoms with Gasteiger partial charge in [-0.25, -0.2) is 8.42 Å². The zero-order valence-corrected chi connectivity index (χ0v) is 16.0. The van der Waals surface area contributed by atoms with E-state index in [1.807, 2.05) is 18.2 Å². The minimum absolute atomic E-state index is 0.144. The predicted molar refractivity (Wildman–Crippen MR) is 101 cm³/mol. The largest absolute Gasteiger partial charge is 0.291 e. The number of sulfonamides is 1. The lowest BCUT2D eigenvalue weighted by molar-refractivity contribution is 0.0699. The second kappa shape index (κ2) is 7.46. The molecule has 0 saturated carbocycles. The van der Waals surface area contributed by atoms with E-state index >= 15 is 0 Å². The number of benzene rings is 2. The molecule has 2 aromatic rings. The van der Waals surface area contributed by atoms with Gasteiger partial charge in [0.2, 0.25) is 10.0 Å². The van der Waals surface area contributed by atoms with Crippen LogP contribution in [0.1, 0.15) is 19.4 Å². The van der Waals surface area contributed by atoms with Crippen LogP contribution in [0, 0.1) is 0 Å². The minimum Gasteiger partial charge on any atom is -0.291 e. The van der Waals surface area contributed by atoms with Gasteiger partial charge in [-0.1, -0.05) is 41.9 Å². The van der Waals surface area contributed by atoms with Gasteiger partial charge in [-0.05, 0) is 43.7 Å². The van der Waals surface area contributed by atoms with E-state index in [9.17, 15) is 8.42 Å². The molecule has 0 N–H and O–H groups in total. The second-order valence-electron chi connectivity index (χ2n) is 6.63. The first kappa shape index (κ1) is 18.4. The third-order valence-corrected chi connectivity index (χ3v) is 6.83. The van der Waals surface area contributed by atoms with Crippen LogP contribution in [0.25, 0.3) is 0 Å². The molecule has 0 aromatic heterocycles. The number of hydrogen-bond donors (Lipinski definition) is 0. The molecular weight excluding hydrogens is 356 g/mol. The van der Waals surface area contributed by atoms with Crippen molar-refractivity contribution in [1.82, 2.24) is 9.21 Å². The fraction of sp³-hybridized carbons (Fsp3) is 0.368. The Kier molecular flexibility index (Phi) is 5.49. The summed E-state index contributed by atoms with van der Waals surface area (Å²) >= 11 is 5.87. The maximum atomic E-state index is 12.9. The van der Waals surface area contributed by atoms with Crippen molar-refractivity contribution in [2.75, 3.05) is 13.1 Å². The molecule has 1 aliphatic rings. The molecule has 1 aliphatic heterocycles. The Hall–Kier alpha value is -1.40. The lowest BCUT2D eigenvalue weighted by Gasteiger charge is -2.43. The highest BCUT2D eigenvalue weighted by molar-refractivity contribution is 7.89. The Morgan fingerprint density at radius 2 is 1.52 bits per heavy atom. The molecule has 0 amide bonds. The number of hydrogen-bond acceptors (Lipinski definition) is 3. The molecular formula is C19H23ClN2O2S. The van der Waals surface area contributed by atoms with Crippen molar-refractivity contribution >= 4 is 21.6 Å². The van der Waals surface area contributed by atoms with Gasteiger partial charge in [-0.15, -0.1) is 0 Å². The summed E-state index contributed by atoms with van der Waals surface area (Å²) < 4.78 is 27.4. The van der Waals surface area contributed by atoms with Gasteiger partial charge >= 0.3 is 0 Å². The lowest BCUT2D eigenvalue weighted by atomic mass is 10.1. The SMILES string of the molecule is CC1CN(S(=O)(=O)c2ccc(Cl)cc2)CC(C)N1Cc1ccccc1. The van der Waals surface area contributed by atoms with Gasteiger partial charge in [0.05, 0.1) is 4.90 Å². The summed E-state index contributed by atoms with van der Waals surface area (Å²) in [5.41, 5.74) is 1.25. The van der Waals surface area contributed by atoms with Crippen LogP contribution in [-0.4, -0.2) is 42.8 Å². The first-order valence-electron chi connectivity index (χ1n) is 8.43. The van der Waals surface area contributed by atoms with Gasteiger partial charge in [-0.3, -0.25) is 4.90 Å². The third-order valence-electron chi connectivity index (χ3n) is 4.73. The maximum Gasteiger partial charge on any atom is 0.243 e. The van der Waals surface area contributed by atoms with Gasteiger partial charge in [0.25, 0.3) is 0 Å². The molecule has 2 aromatic carbocycles. The molecule has 1 saturated heterocycles. The maximum absolute atomic E-state index is 12.9. The molecule has 2 unspecified atom stereocenters. The van der Waals surface area contributed by atoms with Crippen molar-refractivity contribution in [3.63, 3.8) is 0 Å². The standard InChI is InChI=1S/C19H23ClN2O2S/c1-15-12-21(25(23,24)19-10-8-18(20)9-11-19)13-16(2)22(15)14-17-6-4-3-5-7-17/h3-11,15-16H,12-14H2,1-2H3. The fourth-order valence-corrected chi connectivity index (χ4v) is 5.09. The summed E-state index contributed by atoms with van der Waals surface area (Å²) in [6, 6.07) is 17.0. The van der Waals surface area contributed by atoms with Crippen molar-refractivity contribution in [3.05, 3.63) is 65.2 Å². The topological polar surface area (TPSA) is 40.6 Å². The van der Waals surface area contributed by atoms with Crippen LogP contribution in [-0.2, 0) is 16.6 Å². The molecule has 3 rings (SSSR count). The van der Waals surface area contributed by atoms with E-state index in [0.717, 1.165) is 6.54 Å². The van der Waals surface area contributed by atoms with Crippen LogP contribution < -0.4 is 0 Å². The van der Waals surface area contributed by atoms with Crippen molar-refractivity contribution in [2.45, 2.75) is 37.4 Å². The third kappa shape index (κ3) is 4.06. The van der Waals surface area contributed by atoms with E-state index in [1.54, 1.807) is 28.6 Å². The van der Waals surface area contributed by atoms with Gasteiger partial charge in [-0.2, -0.15) is 4.31 Å². The summed E-state index contributed by atoms with van der Waals surface area (Å²) in [5, 5.41) is 0.536. The van der Waals surface area contributed by atoms with E-state index in [-0.39, 0.29) is 12.1 Å². The molecule has 0 radical (unpaired) electrons. The Bertz CT molecular complexity index is 797. The lowest BCUT2D eigenvalue weighted by Crippen LogP contribution is -2.57. The molecule has 4 nitrogen and oxygen atoms in total. The molecule has 134 valence electrons. The monoisotopic (exact) mass is 378 g/mol. The van der Waals surface area contributed by atoms with Crippen molar-refractivity contribution in [3.8, 4) is 0 Å². The number of rotatable bonds is 4. The van der Waals surface area contributed by atoms with Crippen LogP contribution in [0.2, 0.25) is 5.02 Å². The Morgan fingerprint density at radius 1 is 0.960 bits per heavy atom. The fourth-order valence-electron chi connectivity index (χ4n) is 3.37. The Morgan fingerprint density at radius 3 is 2.08 bits per heavy atom. The second-order valence-corrected chi connectivity index (χ2v) is 9.01. The first-order chi connectivity index (χ1) is 11.9. The normalized spacial score (nSPS) is 22.8. The molecule has 0 spiro atoms. The molecule has 0 aliphatic carbocycles. The van der Waals surface area contributed by atoms with E-state index < -0.39 is 10.0 Å². The minimum atomic E-state index is -3.49. The zero-order chi connectivity index (χ0) is 18.0. The molecule has 1 heterocycles. The van der Waals surface area contributed by atoms with Crippen LogP contribution in [0.5, 0.6) is 0 Å². The van der Waals surface area contributed by atoms with E-state index in [2.05, 4.69) is 30.9 Å². The summed E-state index contributed by atoms with van der Waals surface area (Å²) in [6.07, 6.45) is 0. The number of nitrogens with zero attached hydrogens (tertiary/aromatic N) is 2. The quantitative estimate of drug-likeness (QED) is 0.815. The van der Waals surface area contributed by atoms with Gasteiger partial charge in [0.1, 0.15) is 0 Å². The van der Waals surface area contributed by atoms with E-state index in [4.69, 9.17) is 11.6 Å². The Labute approximate surface area is 155 Å². The molecule has 25 heavy (non-hydrogen) atoms. The highest BCUT2D eigenvalue weighted by atomic mass is 35.5. The van der Waals surface area contributed by atoms with Gasteiger partial charge in [0, 0.05) is 36.7 Å². The van der Waals surface area contributed by atoms with Gasteiger partial charge in [0.15, 0.2) is 0 Å². The van der Waals surface area contributed by atoms with Gasteiger partial charge < -0.3 is 0 Å². The van der Waals surface area contributed by atoms with Crippen molar-refractivity contribution < 1.29 is 8.42 Å². The molecule has 6 heteroatoms. The van der Waals surface area contributed by atoms with Crippen LogP contribution in [0.15, 0.2) is 59.5 Å². The highest BCUT2D eigenvalue weighted by Crippen LogP contribution is 2.25. The average Bonchev–Trinajstić information content (AvgIpc) is 2.59. The van der Waals surface area contributed by atoms with E-state index in [0.29, 0.717) is 23.0 Å². The molecule has 2 atom stereocenters. The Balaban J connectivity index is 1.76. The zero-order valence-electron chi connectivity index (χ0n) is 14.5. The molecule has 1 fully saturated rings. The number of halogens is 1. The summed E-state index contributed by atoms with van der Waals surface area (Å²) in [5.74, 6) is 0. The highest BCUT2D eigenvalue weighted by Gasteiger charge is 2.35. The summed E-state index contributed by atoms with van der Waals surface area (Å²) in [4.78, 5) is 2.66. The van der Waals surface area contributed by atoms with Crippen LogP contribution >= 0.6 is 11.6 Å². The van der Waals surface area contributed by atoms with Crippen LogP contribution in [0.4, 0.5) is 0 Å². The number of piperazine rings is 1. The molecule has 0 bridgehead atoms. The predicted octanol–water partition coefficient (Wildman–Crippen LogP) is 3.62. The first-order valence-corrected chi connectivity index (χ1v) is 10.2. The van der Waals surface area contributed by atoms with Crippen molar-refractivity contribution in [2.24, 2.45) is 0 Å². The summed E-state index contributed by atoms with van der Waals surface area (Å²) in [7, 11) is -3.49.